The summed E-state index contributed by atoms with van der Waals surface area (Å²) in [5, 5.41) is 3.50. The van der Waals surface area contributed by atoms with Gasteiger partial charge < -0.3 is 14.8 Å². The molecule has 0 aromatic heterocycles. The van der Waals surface area contributed by atoms with E-state index in [2.05, 4.69) is 24.1 Å². The van der Waals surface area contributed by atoms with Crippen molar-refractivity contribution in [2.75, 3.05) is 40.4 Å². The van der Waals surface area contributed by atoms with Gasteiger partial charge in [0.05, 0.1) is 12.2 Å². The van der Waals surface area contributed by atoms with Gasteiger partial charge in [-0.2, -0.15) is 0 Å². The van der Waals surface area contributed by atoms with E-state index in [0.717, 1.165) is 26.2 Å². The lowest BCUT2D eigenvalue weighted by Crippen LogP contribution is -2.35. The number of likely N-dealkylation sites (tertiary alicyclic amines) is 1. The van der Waals surface area contributed by atoms with Gasteiger partial charge in [-0.25, -0.2) is 0 Å². The van der Waals surface area contributed by atoms with Crippen LogP contribution in [0.5, 0.6) is 0 Å². The topological polar surface area (TPSA) is 33.7 Å². The van der Waals surface area contributed by atoms with Crippen LogP contribution in [0.2, 0.25) is 0 Å². The normalized spacial score (nSPS) is 28.5. The smallest absolute Gasteiger partial charge is 0.0971 e. The van der Waals surface area contributed by atoms with Gasteiger partial charge in [-0.15, -0.1) is 0 Å². The maximum absolute atomic E-state index is 5.41. The molecular formula is C12H26N2O2. The highest BCUT2D eigenvalue weighted by Crippen LogP contribution is 2.14. The first-order valence-corrected chi connectivity index (χ1v) is 6.22. The van der Waals surface area contributed by atoms with Gasteiger partial charge in [-0.05, 0) is 13.3 Å². The molecule has 0 bridgehead atoms. The molecule has 1 rings (SSSR count). The van der Waals surface area contributed by atoms with Crippen LogP contribution in [-0.2, 0) is 9.47 Å². The van der Waals surface area contributed by atoms with Crippen molar-refractivity contribution >= 4 is 0 Å². The van der Waals surface area contributed by atoms with Crippen molar-refractivity contribution in [3.05, 3.63) is 0 Å². The number of hydrogen-bond acceptors (Lipinski definition) is 4. The number of rotatable bonds is 7. The van der Waals surface area contributed by atoms with E-state index >= 15 is 0 Å². The second-order valence-corrected chi connectivity index (χ2v) is 4.57. The van der Waals surface area contributed by atoms with Gasteiger partial charge >= 0.3 is 0 Å². The summed E-state index contributed by atoms with van der Waals surface area (Å²) in [5.41, 5.74) is 0. The highest BCUT2D eigenvalue weighted by atomic mass is 16.5. The Morgan fingerprint density at radius 1 is 1.25 bits per heavy atom. The van der Waals surface area contributed by atoms with E-state index < -0.39 is 0 Å². The molecule has 4 nitrogen and oxygen atoms in total. The van der Waals surface area contributed by atoms with E-state index in [1.807, 2.05) is 0 Å². The van der Waals surface area contributed by atoms with Crippen LogP contribution in [0, 0.1) is 0 Å². The minimum absolute atomic E-state index is 0.230. The summed E-state index contributed by atoms with van der Waals surface area (Å²) in [6.07, 6.45) is 1.64. The summed E-state index contributed by atoms with van der Waals surface area (Å²) in [6, 6.07) is 0.610. The fraction of sp³-hybridized carbons (Fsp3) is 1.00. The largest absolute Gasteiger partial charge is 0.377 e. The lowest BCUT2D eigenvalue weighted by Gasteiger charge is -2.17. The van der Waals surface area contributed by atoms with E-state index in [1.54, 1.807) is 14.2 Å². The Kier molecular flexibility index (Phi) is 6.28. The fourth-order valence-corrected chi connectivity index (χ4v) is 2.07. The third kappa shape index (κ3) is 4.01. The van der Waals surface area contributed by atoms with Gasteiger partial charge in [-0.3, -0.25) is 4.90 Å². The van der Waals surface area contributed by atoms with Gasteiger partial charge in [0.15, 0.2) is 0 Å². The first kappa shape index (κ1) is 13.9. The molecule has 0 spiro atoms. The Morgan fingerprint density at radius 3 is 2.25 bits per heavy atom. The van der Waals surface area contributed by atoms with Crippen molar-refractivity contribution in [1.82, 2.24) is 10.2 Å². The molecule has 0 aliphatic carbocycles. The average Bonchev–Trinajstić information content (AvgIpc) is 2.71. The summed E-state index contributed by atoms with van der Waals surface area (Å²) >= 11 is 0. The molecule has 16 heavy (non-hydrogen) atoms. The van der Waals surface area contributed by atoms with Gasteiger partial charge in [0.1, 0.15) is 0 Å². The fourth-order valence-electron chi connectivity index (χ4n) is 2.07. The van der Waals surface area contributed by atoms with Gasteiger partial charge in [0.2, 0.25) is 0 Å². The molecule has 0 saturated carbocycles. The second-order valence-electron chi connectivity index (χ2n) is 4.57. The lowest BCUT2D eigenvalue weighted by atomic mass is 10.2. The highest BCUT2D eigenvalue weighted by Gasteiger charge is 2.32. The Morgan fingerprint density at radius 2 is 1.81 bits per heavy atom. The molecule has 1 aliphatic rings. The zero-order valence-electron chi connectivity index (χ0n) is 11.0. The van der Waals surface area contributed by atoms with E-state index in [9.17, 15) is 0 Å². The highest BCUT2D eigenvalue weighted by molar-refractivity contribution is 4.85. The summed E-state index contributed by atoms with van der Waals surface area (Å²) in [7, 11) is 3.52. The molecule has 1 N–H and O–H groups in total. The summed E-state index contributed by atoms with van der Waals surface area (Å²) < 4.78 is 10.8. The Hall–Kier alpha value is -0.160. The monoisotopic (exact) mass is 230 g/mol. The molecule has 1 aliphatic heterocycles. The predicted molar refractivity (Wildman–Crippen MR) is 65.8 cm³/mol. The molecule has 96 valence electrons. The maximum Gasteiger partial charge on any atom is 0.0971 e. The number of hydrogen-bond donors (Lipinski definition) is 1. The zero-order valence-corrected chi connectivity index (χ0v) is 11.0. The summed E-state index contributed by atoms with van der Waals surface area (Å²) in [5.74, 6) is 0. The molecule has 0 radical (unpaired) electrons. The van der Waals surface area contributed by atoms with Crippen LogP contribution in [0.15, 0.2) is 0 Å². The second kappa shape index (κ2) is 7.22. The van der Waals surface area contributed by atoms with Crippen molar-refractivity contribution in [3.63, 3.8) is 0 Å². The van der Waals surface area contributed by atoms with E-state index in [-0.39, 0.29) is 12.2 Å². The van der Waals surface area contributed by atoms with Gasteiger partial charge in [0, 0.05) is 46.4 Å². The molecule has 3 unspecified atom stereocenters. The molecule has 1 saturated heterocycles. The number of nitrogens with one attached hydrogen (secondary N) is 1. The SMILES string of the molecule is CCC(C)NCCN1CC(OC)C(OC)C1. The molecule has 0 aromatic carbocycles. The molecule has 3 atom stereocenters. The lowest BCUT2D eigenvalue weighted by molar-refractivity contribution is -0.00461. The summed E-state index contributed by atoms with van der Waals surface area (Å²) in [4.78, 5) is 2.40. The third-order valence-electron chi connectivity index (χ3n) is 3.43. The molecule has 0 amide bonds. The van der Waals surface area contributed by atoms with Crippen LogP contribution in [0.25, 0.3) is 0 Å². The quantitative estimate of drug-likeness (QED) is 0.699. The van der Waals surface area contributed by atoms with E-state index in [0.29, 0.717) is 6.04 Å². The Bertz CT molecular complexity index is 178. The Balaban J connectivity index is 2.19. The summed E-state index contributed by atoms with van der Waals surface area (Å²) in [6.45, 7) is 8.51. The molecular weight excluding hydrogens is 204 g/mol. The first-order chi connectivity index (χ1) is 7.71. The van der Waals surface area contributed by atoms with E-state index in [4.69, 9.17) is 9.47 Å². The van der Waals surface area contributed by atoms with Crippen molar-refractivity contribution in [3.8, 4) is 0 Å². The Labute approximate surface area is 99.3 Å². The number of ether oxygens (including phenoxy) is 2. The van der Waals surface area contributed by atoms with Crippen LogP contribution in [-0.4, -0.2) is 63.5 Å². The third-order valence-corrected chi connectivity index (χ3v) is 3.43. The van der Waals surface area contributed by atoms with Crippen LogP contribution < -0.4 is 5.32 Å². The standard InChI is InChI=1S/C12H26N2O2/c1-5-10(2)13-6-7-14-8-11(15-3)12(9-14)16-4/h10-13H,5-9H2,1-4H3. The number of methoxy groups -OCH3 is 2. The van der Waals surface area contributed by atoms with Crippen LogP contribution in [0.4, 0.5) is 0 Å². The predicted octanol–water partition coefficient (Wildman–Crippen LogP) is 0.720. The van der Waals surface area contributed by atoms with Crippen molar-refractivity contribution in [1.29, 1.82) is 0 Å². The molecule has 4 heteroatoms. The zero-order chi connectivity index (χ0) is 12.0. The number of nitrogens with zero attached hydrogens (tertiary/aromatic N) is 1. The van der Waals surface area contributed by atoms with Gasteiger partial charge in [0.25, 0.3) is 0 Å². The van der Waals surface area contributed by atoms with Gasteiger partial charge in [-0.1, -0.05) is 6.92 Å². The first-order valence-electron chi connectivity index (χ1n) is 6.22. The molecule has 1 fully saturated rings. The van der Waals surface area contributed by atoms with Crippen LogP contribution in [0.1, 0.15) is 20.3 Å². The molecule has 0 aromatic rings. The van der Waals surface area contributed by atoms with Crippen molar-refractivity contribution < 1.29 is 9.47 Å². The van der Waals surface area contributed by atoms with E-state index in [1.165, 1.54) is 6.42 Å². The minimum atomic E-state index is 0.230. The van der Waals surface area contributed by atoms with Crippen LogP contribution >= 0.6 is 0 Å². The van der Waals surface area contributed by atoms with Crippen LogP contribution in [0.3, 0.4) is 0 Å². The van der Waals surface area contributed by atoms with Crippen molar-refractivity contribution in [2.24, 2.45) is 0 Å². The minimum Gasteiger partial charge on any atom is -0.377 e. The maximum atomic E-state index is 5.41. The average molecular weight is 230 g/mol. The molecule has 1 heterocycles. The van der Waals surface area contributed by atoms with Crippen molar-refractivity contribution in [2.45, 2.75) is 38.5 Å².